The second-order valence-electron chi connectivity index (χ2n) is 8.86. The number of hydrogen-bond acceptors (Lipinski definition) is 5. The number of hydrogen-bond donors (Lipinski definition) is 1. The third-order valence-electron chi connectivity index (χ3n) is 6.10. The van der Waals surface area contributed by atoms with E-state index in [4.69, 9.17) is 10.7 Å². The van der Waals surface area contributed by atoms with E-state index in [9.17, 15) is 9.59 Å². The van der Waals surface area contributed by atoms with Crippen molar-refractivity contribution in [1.82, 2.24) is 18.7 Å². The highest BCUT2D eigenvalue weighted by Gasteiger charge is 2.26. The average Bonchev–Trinajstić information content (AvgIpc) is 3.17. The van der Waals surface area contributed by atoms with Crippen molar-refractivity contribution >= 4 is 17.1 Å². The van der Waals surface area contributed by atoms with Crippen LogP contribution in [0.4, 0.5) is 5.95 Å². The summed E-state index contributed by atoms with van der Waals surface area (Å²) in [6.45, 7) is 6.43. The minimum absolute atomic E-state index is 0.0758. The highest BCUT2D eigenvalue weighted by Crippen LogP contribution is 2.23. The molecule has 0 aliphatic carbocycles. The molecule has 2 N–H and O–H groups in total. The van der Waals surface area contributed by atoms with Gasteiger partial charge in [-0.3, -0.25) is 13.9 Å². The Morgan fingerprint density at radius 1 is 1.19 bits per heavy atom. The molecule has 1 aromatic carbocycles. The summed E-state index contributed by atoms with van der Waals surface area (Å²) in [5.41, 5.74) is 8.72. The van der Waals surface area contributed by atoms with Crippen LogP contribution in [0.5, 0.6) is 0 Å². The summed E-state index contributed by atoms with van der Waals surface area (Å²) in [6, 6.07) is 9.96. The molecule has 32 heavy (non-hydrogen) atoms. The Kier molecular flexibility index (Phi) is 6.32. The molecule has 0 bridgehead atoms. The molecule has 2 aromatic heterocycles. The van der Waals surface area contributed by atoms with Crippen LogP contribution in [0.25, 0.3) is 11.2 Å². The minimum atomic E-state index is -0.341. The zero-order chi connectivity index (χ0) is 22.8. The van der Waals surface area contributed by atoms with Crippen molar-refractivity contribution in [3.8, 4) is 0 Å². The maximum absolute atomic E-state index is 13.6. The molecule has 0 amide bonds. The minimum Gasteiger partial charge on any atom is -0.341 e. The number of benzene rings is 1. The smallest absolute Gasteiger partial charge is 0.332 e. The highest BCUT2D eigenvalue weighted by molar-refractivity contribution is 5.74. The number of allylic oxidation sites excluding steroid dienone is 2. The van der Waals surface area contributed by atoms with Crippen molar-refractivity contribution < 1.29 is 0 Å². The number of nitrogens with zero attached hydrogens (tertiary/aromatic N) is 5. The van der Waals surface area contributed by atoms with Gasteiger partial charge in [0, 0.05) is 39.3 Å². The van der Waals surface area contributed by atoms with Crippen LogP contribution in [-0.2, 0) is 26.6 Å². The molecule has 1 saturated heterocycles. The first-order chi connectivity index (χ1) is 15.4. The highest BCUT2D eigenvalue weighted by atomic mass is 16.2. The Balaban J connectivity index is 1.85. The topological polar surface area (TPSA) is 91.1 Å². The zero-order valence-corrected chi connectivity index (χ0v) is 19.1. The molecule has 1 aliphatic rings. The number of anilines is 1. The molecule has 1 atom stereocenters. The molecular weight excluding hydrogens is 404 g/mol. The molecule has 0 unspecified atom stereocenters. The fraction of sp³-hybridized carbons (Fsp3) is 0.458. The van der Waals surface area contributed by atoms with Crippen LogP contribution in [0.15, 0.2) is 51.6 Å². The van der Waals surface area contributed by atoms with Crippen LogP contribution in [0.3, 0.4) is 0 Å². The van der Waals surface area contributed by atoms with Crippen molar-refractivity contribution in [2.45, 2.75) is 52.2 Å². The predicted molar refractivity (Wildman–Crippen MR) is 128 cm³/mol. The van der Waals surface area contributed by atoms with E-state index >= 15 is 0 Å². The van der Waals surface area contributed by atoms with Gasteiger partial charge in [-0.15, -0.1) is 0 Å². The lowest BCUT2D eigenvalue weighted by Gasteiger charge is -2.31. The van der Waals surface area contributed by atoms with Crippen molar-refractivity contribution in [2.24, 2.45) is 12.8 Å². The number of nitrogens with two attached hydrogens (primary N) is 1. The lowest BCUT2D eigenvalue weighted by atomic mass is 10.1. The normalized spacial score (nSPS) is 16.5. The van der Waals surface area contributed by atoms with Gasteiger partial charge < -0.3 is 15.2 Å². The Bertz CT molecular complexity index is 1250. The summed E-state index contributed by atoms with van der Waals surface area (Å²) in [4.78, 5) is 33.6. The number of aromatic nitrogens is 4. The summed E-state index contributed by atoms with van der Waals surface area (Å²) < 4.78 is 4.77. The molecule has 3 aromatic rings. The molecular formula is C24H32N6O2. The van der Waals surface area contributed by atoms with Gasteiger partial charge in [0.15, 0.2) is 11.2 Å². The number of aryl methyl sites for hydroxylation is 2. The van der Waals surface area contributed by atoms with Crippen LogP contribution in [0.1, 0.15) is 32.3 Å². The van der Waals surface area contributed by atoms with Gasteiger partial charge in [0.05, 0.1) is 0 Å². The maximum Gasteiger partial charge on any atom is 0.332 e. The van der Waals surface area contributed by atoms with Crippen LogP contribution >= 0.6 is 0 Å². The summed E-state index contributed by atoms with van der Waals surface area (Å²) in [6.07, 6.45) is 4.65. The van der Waals surface area contributed by atoms with Gasteiger partial charge >= 0.3 is 5.69 Å². The summed E-state index contributed by atoms with van der Waals surface area (Å²) in [5, 5.41) is 0. The molecule has 0 radical (unpaired) electrons. The first-order valence-corrected chi connectivity index (χ1v) is 11.2. The number of imidazole rings is 1. The summed E-state index contributed by atoms with van der Waals surface area (Å²) in [5.74, 6) is 0.709. The Hall–Kier alpha value is -3.13. The fourth-order valence-corrected chi connectivity index (χ4v) is 4.32. The van der Waals surface area contributed by atoms with Crippen molar-refractivity contribution in [3.05, 3.63) is 68.4 Å². The standard InChI is InChI=1S/C24H32N6O2/c1-17(2)11-14-29-20-21(26-23(29)28-13-7-10-19(25)16-28)27(3)24(32)30(22(20)31)15-12-18-8-5-4-6-9-18/h4-6,8-9,11,19H,7,10,12-16,25H2,1-3H3/t19-/m1/s1. The average molecular weight is 437 g/mol. The predicted octanol–water partition coefficient (Wildman–Crippen LogP) is 2.03. The van der Waals surface area contributed by atoms with Crippen molar-refractivity contribution in [2.75, 3.05) is 18.0 Å². The van der Waals surface area contributed by atoms with E-state index in [-0.39, 0.29) is 17.3 Å². The molecule has 8 heteroatoms. The summed E-state index contributed by atoms with van der Waals surface area (Å²) in [7, 11) is 1.69. The van der Waals surface area contributed by atoms with Gasteiger partial charge in [-0.05, 0) is 38.7 Å². The Morgan fingerprint density at radius 2 is 1.94 bits per heavy atom. The van der Waals surface area contributed by atoms with Crippen LogP contribution in [-0.4, -0.2) is 37.8 Å². The Labute approximate surface area is 187 Å². The molecule has 8 nitrogen and oxygen atoms in total. The van der Waals surface area contributed by atoms with E-state index in [2.05, 4.69) is 11.0 Å². The van der Waals surface area contributed by atoms with Crippen LogP contribution in [0, 0.1) is 0 Å². The molecule has 1 aliphatic heterocycles. The number of fused-ring (bicyclic) bond motifs is 1. The largest absolute Gasteiger partial charge is 0.341 e. The fourth-order valence-electron chi connectivity index (χ4n) is 4.32. The van der Waals surface area contributed by atoms with Gasteiger partial charge in [0.2, 0.25) is 5.95 Å². The first kappa shape index (κ1) is 22.1. The van der Waals surface area contributed by atoms with Gasteiger partial charge in [0.25, 0.3) is 5.56 Å². The van der Waals surface area contributed by atoms with Gasteiger partial charge in [0.1, 0.15) is 0 Å². The van der Waals surface area contributed by atoms with Crippen molar-refractivity contribution in [1.29, 1.82) is 0 Å². The van der Waals surface area contributed by atoms with Crippen LogP contribution < -0.4 is 21.9 Å². The lowest BCUT2D eigenvalue weighted by Crippen LogP contribution is -2.44. The van der Waals surface area contributed by atoms with E-state index in [1.165, 1.54) is 9.13 Å². The van der Waals surface area contributed by atoms with E-state index in [1.807, 2.05) is 48.7 Å². The quantitative estimate of drug-likeness (QED) is 0.597. The van der Waals surface area contributed by atoms with Gasteiger partial charge in [-0.2, -0.15) is 4.98 Å². The Morgan fingerprint density at radius 3 is 2.62 bits per heavy atom. The number of piperidine rings is 1. The molecule has 170 valence electrons. The zero-order valence-electron chi connectivity index (χ0n) is 19.1. The summed E-state index contributed by atoms with van der Waals surface area (Å²) >= 11 is 0. The molecule has 3 heterocycles. The molecule has 1 fully saturated rings. The van der Waals surface area contributed by atoms with Gasteiger partial charge in [-0.1, -0.05) is 42.0 Å². The van der Waals surface area contributed by atoms with Crippen LogP contribution in [0.2, 0.25) is 0 Å². The van der Waals surface area contributed by atoms with E-state index < -0.39 is 0 Å². The SMILES string of the molecule is CC(C)=CCn1c(N2CCC[C@@H](N)C2)nc2c1c(=O)n(CCc1ccccc1)c(=O)n2C. The first-order valence-electron chi connectivity index (χ1n) is 11.2. The third kappa shape index (κ3) is 4.27. The monoisotopic (exact) mass is 436 g/mol. The lowest BCUT2D eigenvalue weighted by molar-refractivity contribution is 0.495. The molecule has 0 spiro atoms. The van der Waals surface area contributed by atoms with E-state index in [0.717, 1.165) is 30.5 Å². The maximum atomic E-state index is 13.6. The van der Waals surface area contributed by atoms with E-state index in [0.29, 0.717) is 43.2 Å². The number of rotatable bonds is 6. The van der Waals surface area contributed by atoms with Crippen molar-refractivity contribution in [3.63, 3.8) is 0 Å². The second-order valence-corrected chi connectivity index (χ2v) is 8.86. The third-order valence-corrected chi connectivity index (χ3v) is 6.10. The molecule has 4 rings (SSSR count). The molecule has 0 saturated carbocycles. The van der Waals surface area contributed by atoms with Gasteiger partial charge in [-0.25, -0.2) is 4.79 Å². The van der Waals surface area contributed by atoms with E-state index in [1.54, 1.807) is 7.05 Å². The second kappa shape index (κ2) is 9.16.